The number of amides is 1. The molecule has 0 saturated carbocycles. The van der Waals surface area contributed by atoms with Crippen molar-refractivity contribution in [2.75, 3.05) is 19.3 Å². The second kappa shape index (κ2) is 6.50. The first kappa shape index (κ1) is 15.2. The van der Waals surface area contributed by atoms with Crippen molar-refractivity contribution in [1.82, 2.24) is 4.90 Å². The Bertz CT molecular complexity index is 508. The highest BCUT2D eigenvalue weighted by molar-refractivity contribution is 7.83. The van der Waals surface area contributed by atoms with Gasteiger partial charge in [-0.1, -0.05) is 12.1 Å². The molecule has 1 aromatic carbocycles. The Kier molecular flexibility index (Phi) is 4.94. The number of ether oxygens (including phenoxy) is 1. The molecule has 2 rings (SSSR count). The molecule has 0 aromatic heterocycles. The van der Waals surface area contributed by atoms with Crippen molar-refractivity contribution in [2.24, 2.45) is 0 Å². The molecule has 3 atom stereocenters. The summed E-state index contributed by atoms with van der Waals surface area (Å²) in [5, 5.41) is 0. The molecule has 3 unspecified atom stereocenters. The molecular formula is C15H21NO3S. The molecule has 5 heteroatoms. The third kappa shape index (κ3) is 3.90. The van der Waals surface area contributed by atoms with Crippen LogP contribution in [0, 0.1) is 0 Å². The molecule has 4 nitrogen and oxygen atoms in total. The smallest absolute Gasteiger partial charge is 0.254 e. The Morgan fingerprint density at radius 3 is 2.60 bits per heavy atom. The summed E-state index contributed by atoms with van der Waals surface area (Å²) >= 11 is 0. The van der Waals surface area contributed by atoms with Gasteiger partial charge in [0.2, 0.25) is 0 Å². The predicted octanol–water partition coefficient (Wildman–Crippen LogP) is 1.81. The van der Waals surface area contributed by atoms with Gasteiger partial charge < -0.3 is 9.64 Å². The van der Waals surface area contributed by atoms with E-state index in [1.807, 2.05) is 43.0 Å². The lowest BCUT2D eigenvalue weighted by Gasteiger charge is -2.35. The Balaban J connectivity index is 2.14. The maximum absolute atomic E-state index is 12.5. The van der Waals surface area contributed by atoms with Crippen LogP contribution in [0.25, 0.3) is 0 Å². The minimum absolute atomic E-state index is 0.0238. The molecule has 0 bridgehead atoms. The highest BCUT2D eigenvalue weighted by Gasteiger charge is 2.26. The number of benzene rings is 1. The second-order valence-corrected chi connectivity index (χ2v) is 6.82. The molecule has 20 heavy (non-hydrogen) atoms. The Morgan fingerprint density at radius 1 is 1.35 bits per heavy atom. The SMILES string of the molecule is CC1CN(C(=O)c2cccc(CS(C)=O)c2)CC(C)O1. The van der Waals surface area contributed by atoms with Crippen LogP contribution in [0.15, 0.2) is 24.3 Å². The van der Waals surface area contributed by atoms with Crippen LogP contribution >= 0.6 is 0 Å². The third-order valence-corrected chi connectivity index (χ3v) is 3.99. The van der Waals surface area contributed by atoms with Crippen LogP contribution in [0.1, 0.15) is 29.8 Å². The first-order valence-electron chi connectivity index (χ1n) is 6.79. The van der Waals surface area contributed by atoms with Gasteiger partial charge in [0, 0.05) is 41.5 Å². The monoisotopic (exact) mass is 295 g/mol. The Labute approximate surface area is 122 Å². The number of hydrogen-bond acceptors (Lipinski definition) is 3. The first-order valence-corrected chi connectivity index (χ1v) is 8.52. The zero-order valence-electron chi connectivity index (χ0n) is 12.2. The molecule has 1 aliphatic heterocycles. The van der Waals surface area contributed by atoms with Crippen LogP contribution in [-0.4, -0.2) is 46.6 Å². The summed E-state index contributed by atoms with van der Waals surface area (Å²) in [6.07, 6.45) is 1.79. The second-order valence-electron chi connectivity index (χ2n) is 5.39. The fourth-order valence-corrected chi connectivity index (χ4v) is 3.20. The molecule has 110 valence electrons. The number of carbonyl (C=O) groups excluding carboxylic acids is 1. The van der Waals surface area contributed by atoms with E-state index < -0.39 is 10.8 Å². The van der Waals surface area contributed by atoms with Crippen molar-refractivity contribution >= 4 is 16.7 Å². The van der Waals surface area contributed by atoms with Gasteiger partial charge in [-0.05, 0) is 31.5 Å². The van der Waals surface area contributed by atoms with Gasteiger partial charge in [0.1, 0.15) is 0 Å². The zero-order valence-corrected chi connectivity index (χ0v) is 13.0. The van der Waals surface area contributed by atoms with Gasteiger partial charge in [-0.25, -0.2) is 0 Å². The minimum atomic E-state index is -0.899. The lowest BCUT2D eigenvalue weighted by Crippen LogP contribution is -2.48. The molecule has 1 fully saturated rings. The van der Waals surface area contributed by atoms with Gasteiger partial charge in [0.15, 0.2) is 0 Å². The average Bonchev–Trinajstić information content (AvgIpc) is 2.36. The number of carbonyl (C=O) groups is 1. The summed E-state index contributed by atoms with van der Waals surface area (Å²) in [4.78, 5) is 14.4. The number of morpholine rings is 1. The number of hydrogen-bond donors (Lipinski definition) is 0. The van der Waals surface area contributed by atoms with E-state index in [0.717, 1.165) is 5.56 Å². The summed E-state index contributed by atoms with van der Waals surface area (Å²) in [7, 11) is -0.899. The summed E-state index contributed by atoms with van der Waals surface area (Å²) < 4.78 is 16.9. The summed E-state index contributed by atoms with van der Waals surface area (Å²) in [6, 6.07) is 7.41. The zero-order chi connectivity index (χ0) is 14.7. The lowest BCUT2D eigenvalue weighted by atomic mass is 10.1. The van der Waals surface area contributed by atoms with Crippen LogP contribution in [0.2, 0.25) is 0 Å². The van der Waals surface area contributed by atoms with Crippen LogP contribution in [-0.2, 0) is 21.3 Å². The van der Waals surface area contributed by atoms with E-state index in [-0.39, 0.29) is 18.1 Å². The Morgan fingerprint density at radius 2 is 2.00 bits per heavy atom. The van der Waals surface area contributed by atoms with Crippen LogP contribution in [0.5, 0.6) is 0 Å². The van der Waals surface area contributed by atoms with Crippen molar-refractivity contribution in [3.8, 4) is 0 Å². The van der Waals surface area contributed by atoms with Crippen LogP contribution in [0.4, 0.5) is 0 Å². The highest BCUT2D eigenvalue weighted by atomic mass is 32.2. The predicted molar refractivity (Wildman–Crippen MR) is 80.1 cm³/mol. The van der Waals surface area contributed by atoms with Gasteiger partial charge in [-0.3, -0.25) is 9.00 Å². The molecule has 0 aliphatic carbocycles. The third-order valence-electron chi connectivity index (χ3n) is 3.25. The van der Waals surface area contributed by atoms with E-state index in [1.165, 1.54) is 0 Å². The molecule has 1 heterocycles. The van der Waals surface area contributed by atoms with Crippen molar-refractivity contribution in [2.45, 2.75) is 31.8 Å². The van der Waals surface area contributed by atoms with Gasteiger partial charge in [0.25, 0.3) is 5.91 Å². The average molecular weight is 295 g/mol. The quantitative estimate of drug-likeness (QED) is 0.854. The van der Waals surface area contributed by atoms with E-state index in [0.29, 0.717) is 24.4 Å². The largest absolute Gasteiger partial charge is 0.372 e. The fourth-order valence-electron chi connectivity index (χ4n) is 2.56. The molecular weight excluding hydrogens is 274 g/mol. The van der Waals surface area contributed by atoms with Crippen LogP contribution in [0.3, 0.4) is 0 Å². The first-order chi connectivity index (χ1) is 9.45. The number of rotatable bonds is 3. The molecule has 0 N–H and O–H groups in total. The summed E-state index contributed by atoms with van der Waals surface area (Å²) in [5.74, 6) is 0.507. The van der Waals surface area contributed by atoms with Gasteiger partial charge in [-0.2, -0.15) is 0 Å². The molecule has 1 amide bonds. The summed E-state index contributed by atoms with van der Waals surface area (Å²) in [6.45, 7) is 5.19. The maximum Gasteiger partial charge on any atom is 0.254 e. The van der Waals surface area contributed by atoms with Crippen molar-refractivity contribution in [1.29, 1.82) is 0 Å². The maximum atomic E-state index is 12.5. The van der Waals surface area contributed by atoms with E-state index in [1.54, 1.807) is 6.26 Å². The van der Waals surface area contributed by atoms with E-state index >= 15 is 0 Å². The standard InChI is InChI=1S/C15H21NO3S/c1-11-8-16(9-12(2)19-11)15(17)14-6-4-5-13(7-14)10-20(3)18/h4-7,11-12H,8-10H2,1-3H3. The van der Waals surface area contributed by atoms with Crippen molar-refractivity contribution < 1.29 is 13.7 Å². The molecule has 1 saturated heterocycles. The topological polar surface area (TPSA) is 46.6 Å². The lowest BCUT2D eigenvalue weighted by molar-refractivity contribution is -0.0586. The fraction of sp³-hybridized carbons (Fsp3) is 0.533. The van der Waals surface area contributed by atoms with Gasteiger partial charge in [-0.15, -0.1) is 0 Å². The van der Waals surface area contributed by atoms with Crippen molar-refractivity contribution in [3.05, 3.63) is 35.4 Å². The van der Waals surface area contributed by atoms with E-state index in [2.05, 4.69) is 0 Å². The molecule has 0 spiro atoms. The Hall–Kier alpha value is -1.20. The van der Waals surface area contributed by atoms with E-state index in [9.17, 15) is 9.00 Å². The highest BCUT2D eigenvalue weighted by Crippen LogP contribution is 2.15. The van der Waals surface area contributed by atoms with Crippen molar-refractivity contribution in [3.63, 3.8) is 0 Å². The number of nitrogens with zero attached hydrogens (tertiary/aromatic N) is 1. The molecule has 1 aromatic rings. The molecule has 0 radical (unpaired) electrons. The minimum Gasteiger partial charge on any atom is -0.372 e. The normalized spacial score (nSPS) is 24.4. The summed E-state index contributed by atoms with van der Waals surface area (Å²) in [5.41, 5.74) is 1.60. The van der Waals surface area contributed by atoms with Gasteiger partial charge >= 0.3 is 0 Å². The van der Waals surface area contributed by atoms with E-state index in [4.69, 9.17) is 4.74 Å². The molecule has 1 aliphatic rings. The van der Waals surface area contributed by atoms with Gasteiger partial charge in [0.05, 0.1) is 12.2 Å². The van der Waals surface area contributed by atoms with Crippen LogP contribution < -0.4 is 0 Å².